The van der Waals surface area contributed by atoms with Crippen molar-refractivity contribution in [2.45, 2.75) is 53.1 Å². The Morgan fingerprint density at radius 2 is 2.12 bits per heavy atom. The van der Waals surface area contributed by atoms with Crippen molar-refractivity contribution < 1.29 is 4.79 Å². The lowest BCUT2D eigenvalue weighted by molar-refractivity contribution is 0.0924. The monoisotopic (exact) mass is 354 g/mol. The van der Waals surface area contributed by atoms with Gasteiger partial charge in [-0.15, -0.1) is 0 Å². The summed E-state index contributed by atoms with van der Waals surface area (Å²) >= 11 is 0. The molecule has 26 heavy (non-hydrogen) atoms. The molecule has 3 aromatic rings. The molecule has 7 heteroatoms. The molecule has 0 aromatic carbocycles. The van der Waals surface area contributed by atoms with E-state index in [4.69, 9.17) is 0 Å². The molecule has 3 aromatic heterocycles. The van der Waals surface area contributed by atoms with Crippen LogP contribution in [0.4, 0.5) is 0 Å². The molecule has 1 N–H and O–H groups in total. The van der Waals surface area contributed by atoms with E-state index < -0.39 is 0 Å². The topological polar surface area (TPSA) is 77.1 Å². The highest BCUT2D eigenvalue weighted by molar-refractivity contribution is 5.93. The highest BCUT2D eigenvalue weighted by Gasteiger charge is 2.21. The summed E-state index contributed by atoms with van der Waals surface area (Å²) in [5.74, 6) is 1.01. The number of amides is 1. The maximum atomic E-state index is 12.9. The van der Waals surface area contributed by atoms with Crippen molar-refractivity contribution in [2.75, 3.05) is 0 Å². The average Bonchev–Trinajstić information content (AvgIpc) is 3.22. The Kier molecular flexibility index (Phi) is 5.35. The van der Waals surface area contributed by atoms with Crippen molar-refractivity contribution in [1.82, 2.24) is 29.5 Å². The predicted molar refractivity (Wildman–Crippen MR) is 99.9 cm³/mol. The van der Waals surface area contributed by atoms with Crippen LogP contribution in [-0.2, 0) is 13.0 Å². The number of hydrogen-bond acceptors (Lipinski definition) is 4. The van der Waals surface area contributed by atoms with E-state index in [1.165, 1.54) is 0 Å². The molecule has 0 aliphatic carbocycles. The van der Waals surface area contributed by atoms with Gasteiger partial charge in [0.05, 0.1) is 17.4 Å². The Balaban J connectivity index is 1.82. The largest absolute Gasteiger partial charge is 0.342 e. The normalized spacial score (nSPS) is 12.7. The standard InChI is InChI=1S/C19H26N6O/c1-5-15(16-12-24-9-7-8-20-19(24)22-16)21-18(26)17-11-14(10-13(3)4)23-25(17)6-2/h7-9,11-13,15H,5-6,10H2,1-4H3,(H,21,26). The van der Waals surface area contributed by atoms with Gasteiger partial charge < -0.3 is 5.32 Å². The molecule has 0 fully saturated rings. The van der Waals surface area contributed by atoms with Gasteiger partial charge in [-0.1, -0.05) is 20.8 Å². The number of nitrogens with one attached hydrogen (secondary N) is 1. The highest BCUT2D eigenvalue weighted by Crippen LogP contribution is 2.17. The fourth-order valence-electron chi connectivity index (χ4n) is 3.05. The lowest BCUT2D eigenvalue weighted by atomic mass is 10.1. The molecule has 0 aliphatic rings. The van der Waals surface area contributed by atoms with E-state index in [1.807, 2.05) is 42.8 Å². The second kappa shape index (κ2) is 7.68. The maximum absolute atomic E-state index is 12.9. The van der Waals surface area contributed by atoms with Crippen molar-refractivity contribution >= 4 is 11.7 Å². The minimum absolute atomic E-state index is 0.119. The molecule has 0 saturated heterocycles. The number of carbonyl (C=O) groups is 1. The van der Waals surface area contributed by atoms with E-state index in [9.17, 15) is 4.79 Å². The van der Waals surface area contributed by atoms with Crippen LogP contribution in [0.25, 0.3) is 5.78 Å². The van der Waals surface area contributed by atoms with Gasteiger partial charge in [0.2, 0.25) is 5.78 Å². The molecule has 0 aliphatic heterocycles. The summed E-state index contributed by atoms with van der Waals surface area (Å²) < 4.78 is 3.63. The molecule has 1 unspecified atom stereocenters. The van der Waals surface area contributed by atoms with Crippen LogP contribution in [0.3, 0.4) is 0 Å². The molecule has 138 valence electrons. The zero-order valence-electron chi connectivity index (χ0n) is 15.8. The lowest BCUT2D eigenvalue weighted by Crippen LogP contribution is -2.30. The van der Waals surface area contributed by atoms with E-state index in [0.717, 1.165) is 24.2 Å². The fourth-order valence-corrected chi connectivity index (χ4v) is 3.05. The molecule has 3 heterocycles. The van der Waals surface area contributed by atoms with E-state index in [-0.39, 0.29) is 11.9 Å². The first kappa shape index (κ1) is 18.1. The minimum atomic E-state index is -0.169. The van der Waals surface area contributed by atoms with Gasteiger partial charge in [0.1, 0.15) is 5.69 Å². The molecule has 1 atom stereocenters. The van der Waals surface area contributed by atoms with Crippen molar-refractivity contribution in [3.63, 3.8) is 0 Å². The first-order chi connectivity index (χ1) is 12.5. The van der Waals surface area contributed by atoms with Gasteiger partial charge in [-0.3, -0.25) is 13.9 Å². The van der Waals surface area contributed by atoms with Crippen LogP contribution in [0.5, 0.6) is 0 Å². The Bertz CT molecular complexity index is 861. The molecule has 0 radical (unpaired) electrons. The van der Waals surface area contributed by atoms with Gasteiger partial charge in [-0.2, -0.15) is 5.10 Å². The lowest BCUT2D eigenvalue weighted by Gasteiger charge is -2.15. The third-order valence-corrected chi connectivity index (χ3v) is 4.30. The van der Waals surface area contributed by atoms with Gasteiger partial charge in [0, 0.05) is 25.1 Å². The van der Waals surface area contributed by atoms with E-state index >= 15 is 0 Å². The van der Waals surface area contributed by atoms with Crippen LogP contribution in [-0.4, -0.2) is 30.1 Å². The summed E-state index contributed by atoms with van der Waals surface area (Å²) in [7, 11) is 0. The summed E-state index contributed by atoms with van der Waals surface area (Å²) in [6.07, 6.45) is 7.13. The fraction of sp³-hybridized carbons (Fsp3) is 0.474. The maximum Gasteiger partial charge on any atom is 0.270 e. The molecule has 0 spiro atoms. The SMILES string of the molecule is CCC(NC(=O)c1cc(CC(C)C)nn1CC)c1cn2cccnc2n1. The van der Waals surface area contributed by atoms with Gasteiger partial charge >= 0.3 is 0 Å². The number of hydrogen-bond donors (Lipinski definition) is 1. The van der Waals surface area contributed by atoms with Crippen molar-refractivity contribution in [3.05, 3.63) is 47.8 Å². The van der Waals surface area contributed by atoms with E-state index in [2.05, 4.69) is 34.2 Å². The highest BCUT2D eigenvalue weighted by atomic mass is 16.2. The number of aromatic nitrogens is 5. The Hall–Kier alpha value is -2.70. The molecule has 3 rings (SSSR count). The van der Waals surface area contributed by atoms with Crippen LogP contribution in [0.2, 0.25) is 0 Å². The van der Waals surface area contributed by atoms with E-state index in [0.29, 0.717) is 23.9 Å². The number of carbonyl (C=O) groups excluding carboxylic acids is 1. The second-order valence-corrected chi connectivity index (χ2v) is 6.86. The zero-order valence-corrected chi connectivity index (χ0v) is 15.8. The summed E-state index contributed by atoms with van der Waals surface area (Å²) in [5.41, 5.74) is 2.37. The van der Waals surface area contributed by atoms with Gasteiger partial charge in [-0.25, -0.2) is 9.97 Å². The quantitative estimate of drug-likeness (QED) is 0.707. The Morgan fingerprint density at radius 1 is 1.31 bits per heavy atom. The first-order valence-electron chi connectivity index (χ1n) is 9.19. The Labute approximate surface area is 153 Å². The molecule has 0 bridgehead atoms. The predicted octanol–water partition coefficient (Wildman–Crippen LogP) is 3.03. The summed E-state index contributed by atoms with van der Waals surface area (Å²) in [5, 5.41) is 7.65. The zero-order chi connectivity index (χ0) is 18.7. The van der Waals surface area contributed by atoms with E-state index in [1.54, 1.807) is 10.9 Å². The second-order valence-electron chi connectivity index (χ2n) is 6.86. The third kappa shape index (κ3) is 3.76. The average molecular weight is 354 g/mol. The number of aryl methyl sites for hydroxylation is 1. The van der Waals surface area contributed by atoms with Crippen LogP contribution in [0, 0.1) is 5.92 Å². The van der Waals surface area contributed by atoms with Gasteiger partial charge in [-0.05, 0) is 37.8 Å². The summed E-state index contributed by atoms with van der Waals surface area (Å²) in [6.45, 7) is 8.98. The Morgan fingerprint density at radius 3 is 2.77 bits per heavy atom. The van der Waals surface area contributed by atoms with Gasteiger partial charge in [0.15, 0.2) is 0 Å². The van der Waals surface area contributed by atoms with Gasteiger partial charge in [0.25, 0.3) is 5.91 Å². The molecular formula is C19H26N6O. The minimum Gasteiger partial charge on any atom is -0.342 e. The van der Waals surface area contributed by atoms with Crippen molar-refractivity contribution in [2.24, 2.45) is 5.92 Å². The molecule has 1 amide bonds. The number of imidazole rings is 1. The summed E-state index contributed by atoms with van der Waals surface area (Å²) in [4.78, 5) is 21.6. The molecule has 0 saturated carbocycles. The van der Waals surface area contributed by atoms with Crippen LogP contribution < -0.4 is 5.32 Å². The van der Waals surface area contributed by atoms with Crippen molar-refractivity contribution in [3.8, 4) is 0 Å². The number of fused-ring (bicyclic) bond motifs is 1. The van der Waals surface area contributed by atoms with Crippen molar-refractivity contribution in [1.29, 1.82) is 0 Å². The van der Waals surface area contributed by atoms with Crippen LogP contribution in [0.1, 0.15) is 62.0 Å². The number of rotatable bonds is 7. The summed E-state index contributed by atoms with van der Waals surface area (Å²) in [6, 6.07) is 3.59. The van der Waals surface area contributed by atoms with Crippen LogP contribution in [0.15, 0.2) is 30.7 Å². The molecular weight excluding hydrogens is 328 g/mol. The first-order valence-corrected chi connectivity index (χ1v) is 9.19. The number of nitrogens with zero attached hydrogens (tertiary/aromatic N) is 5. The molecule has 7 nitrogen and oxygen atoms in total. The van der Waals surface area contributed by atoms with Crippen LogP contribution >= 0.6 is 0 Å². The smallest absolute Gasteiger partial charge is 0.270 e. The third-order valence-electron chi connectivity index (χ3n) is 4.30.